The standard InChI is InChI=1S/C24H24FN5O3/c1-10-17(8-28-23-12-2-13(3-12)29-22(10)23)16-4-11-5-19(27-9-18(11)21(26)20(16)25)30-24(32)33-15-6-14(31)7-15/h4-5,8-9,12-15,29,31H,2-3,6-7,26H2,1H3,(H,27,30,32)/t12?,13?,14-,15+. The zero-order valence-corrected chi connectivity index (χ0v) is 18.1. The van der Waals surface area contributed by atoms with Gasteiger partial charge in [-0.05, 0) is 42.8 Å². The molecule has 2 fully saturated rings. The number of hydrogen-bond donors (Lipinski definition) is 4. The number of amides is 1. The van der Waals surface area contributed by atoms with E-state index in [4.69, 9.17) is 10.5 Å². The lowest BCUT2D eigenvalue weighted by atomic mass is 9.73. The van der Waals surface area contributed by atoms with E-state index in [1.807, 2.05) is 6.92 Å². The predicted octanol–water partition coefficient (Wildman–Crippen LogP) is 4.07. The molecule has 0 saturated heterocycles. The van der Waals surface area contributed by atoms with Crippen LogP contribution in [0, 0.1) is 12.7 Å². The second-order valence-electron chi connectivity index (χ2n) is 9.29. The van der Waals surface area contributed by atoms with Gasteiger partial charge in [-0.3, -0.25) is 10.3 Å². The summed E-state index contributed by atoms with van der Waals surface area (Å²) in [7, 11) is 0. The minimum atomic E-state index is -0.645. The third-order valence-electron chi connectivity index (χ3n) is 7.10. The molecule has 5 N–H and O–H groups in total. The average molecular weight is 449 g/mol. The number of halogens is 1. The first-order valence-corrected chi connectivity index (χ1v) is 11.2. The molecule has 170 valence electrons. The zero-order valence-electron chi connectivity index (χ0n) is 18.1. The van der Waals surface area contributed by atoms with E-state index in [0.29, 0.717) is 46.7 Å². The highest BCUT2D eigenvalue weighted by Crippen LogP contribution is 2.48. The van der Waals surface area contributed by atoms with E-state index in [1.54, 1.807) is 18.3 Å². The highest BCUT2D eigenvalue weighted by atomic mass is 19.1. The first kappa shape index (κ1) is 20.2. The van der Waals surface area contributed by atoms with Gasteiger partial charge < -0.3 is 20.9 Å². The smallest absolute Gasteiger partial charge is 0.413 e. The van der Waals surface area contributed by atoms with Crippen LogP contribution in [-0.2, 0) is 4.74 Å². The van der Waals surface area contributed by atoms with Gasteiger partial charge in [0.05, 0.1) is 23.2 Å². The van der Waals surface area contributed by atoms with E-state index in [9.17, 15) is 9.90 Å². The van der Waals surface area contributed by atoms with E-state index in [0.717, 1.165) is 29.8 Å². The van der Waals surface area contributed by atoms with E-state index < -0.39 is 18.0 Å². The fourth-order valence-electron chi connectivity index (χ4n) is 5.03. The average Bonchev–Trinajstić information content (AvgIpc) is 2.75. The molecule has 2 aliphatic carbocycles. The Morgan fingerprint density at radius 2 is 2.00 bits per heavy atom. The maximum absolute atomic E-state index is 15.3. The molecule has 7 rings (SSSR count). The lowest BCUT2D eigenvalue weighted by Crippen LogP contribution is -2.40. The van der Waals surface area contributed by atoms with Gasteiger partial charge in [-0.2, -0.15) is 0 Å². The van der Waals surface area contributed by atoms with Crippen LogP contribution in [0.3, 0.4) is 0 Å². The normalized spacial score (nSPS) is 24.8. The van der Waals surface area contributed by atoms with Crippen LogP contribution in [-0.4, -0.2) is 39.4 Å². The van der Waals surface area contributed by atoms with Gasteiger partial charge in [0.2, 0.25) is 0 Å². The Hall–Kier alpha value is -3.46. The Bertz CT molecular complexity index is 1300. The molecule has 33 heavy (non-hydrogen) atoms. The summed E-state index contributed by atoms with van der Waals surface area (Å²) in [6.07, 6.45) is 4.87. The number of aliphatic hydroxyl groups excluding tert-OH is 1. The summed E-state index contributed by atoms with van der Waals surface area (Å²) in [5.41, 5.74) is 10.2. The van der Waals surface area contributed by atoms with Gasteiger partial charge in [0.15, 0.2) is 5.82 Å². The van der Waals surface area contributed by atoms with Crippen LogP contribution >= 0.6 is 0 Å². The van der Waals surface area contributed by atoms with Crippen LogP contribution in [0.1, 0.15) is 42.9 Å². The van der Waals surface area contributed by atoms with E-state index in [1.165, 1.54) is 6.20 Å². The molecular weight excluding hydrogens is 425 g/mol. The van der Waals surface area contributed by atoms with Crippen molar-refractivity contribution in [3.05, 3.63) is 41.6 Å². The molecule has 2 bridgehead atoms. The van der Waals surface area contributed by atoms with Gasteiger partial charge in [-0.15, -0.1) is 0 Å². The van der Waals surface area contributed by atoms with Crippen LogP contribution < -0.4 is 16.4 Å². The first-order valence-electron chi connectivity index (χ1n) is 11.2. The number of anilines is 3. The second kappa shape index (κ2) is 7.28. The van der Waals surface area contributed by atoms with Crippen molar-refractivity contribution in [2.45, 2.75) is 56.8 Å². The number of rotatable bonds is 3. The molecule has 0 unspecified atom stereocenters. The van der Waals surface area contributed by atoms with Crippen molar-refractivity contribution in [2.24, 2.45) is 0 Å². The number of aromatic nitrogens is 2. The molecule has 2 aromatic heterocycles. The topological polar surface area (TPSA) is 122 Å². The molecule has 3 aromatic rings. The minimum Gasteiger partial charge on any atom is -0.446 e. The van der Waals surface area contributed by atoms with E-state index >= 15 is 4.39 Å². The summed E-state index contributed by atoms with van der Waals surface area (Å²) in [5.74, 6) is 0.235. The summed E-state index contributed by atoms with van der Waals surface area (Å²) in [5, 5.41) is 16.6. The lowest BCUT2D eigenvalue weighted by molar-refractivity contribution is -0.0308. The molecule has 0 spiro atoms. The first-order chi connectivity index (χ1) is 15.9. The minimum absolute atomic E-state index is 0.000472. The number of aliphatic hydroxyl groups is 1. The highest BCUT2D eigenvalue weighted by molar-refractivity contribution is 5.99. The van der Waals surface area contributed by atoms with Crippen LogP contribution in [0.15, 0.2) is 24.5 Å². The van der Waals surface area contributed by atoms with Crippen molar-refractivity contribution in [3.8, 4) is 11.1 Å². The molecule has 9 heteroatoms. The largest absolute Gasteiger partial charge is 0.446 e. The highest BCUT2D eigenvalue weighted by Gasteiger charge is 2.39. The Morgan fingerprint density at radius 3 is 2.76 bits per heavy atom. The van der Waals surface area contributed by atoms with Crippen molar-refractivity contribution in [3.63, 3.8) is 0 Å². The summed E-state index contributed by atoms with van der Waals surface area (Å²) in [6, 6.07) is 3.81. The van der Waals surface area contributed by atoms with Gasteiger partial charge in [0.1, 0.15) is 11.9 Å². The number of hydrogen-bond acceptors (Lipinski definition) is 7. The van der Waals surface area contributed by atoms with Crippen molar-refractivity contribution in [1.29, 1.82) is 0 Å². The van der Waals surface area contributed by atoms with Crippen molar-refractivity contribution in [2.75, 3.05) is 16.4 Å². The van der Waals surface area contributed by atoms with Gasteiger partial charge >= 0.3 is 6.09 Å². The maximum Gasteiger partial charge on any atom is 0.413 e. The molecular formula is C24H24FN5O3. The number of carbonyl (C=O) groups excluding carboxylic acids is 1. The molecule has 1 aromatic carbocycles. The van der Waals surface area contributed by atoms with E-state index in [-0.39, 0.29) is 17.6 Å². The number of nitrogens with one attached hydrogen (secondary N) is 2. The summed E-state index contributed by atoms with van der Waals surface area (Å²) >= 11 is 0. The summed E-state index contributed by atoms with van der Waals surface area (Å²) < 4.78 is 20.6. The Morgan fingerprint density at radius 1 is 1.21 bits per heavy atom. The van der Waals surface area contributed by atoms with Crippen LogP contribution in [0.5, 0.6) is 0 Å². The molecule has 1 amide bonds. The molecule has 4 heterocycles. The molecule has 0 radical (unpaired) electrons. The fourth-order valence-corrected chi connectivity index (χ4v) is 5.03. The number of pyridine rings is 2. The third-order valence-corrected chi connectivity index (χ3v) is 7.10. The zero-order chi connectivity index (χ0) is 22.9. The maximum atomic E-state index is 15.3. The molecule has 4 aliphatic rings. The predicted molar refractivity (Wildman–Crippen MR) is 123 cm³/mol. The fraction of sp³-hybridized carbons (Fsp3) is 0.375. The van der Waals surface area contributed by atoms with Crippen LogP contribution in [0.2, 0.25) is 0 Å². The SMILES string of the molecule is Cc1c(-c2cc3cc(NC(=O)O[C@H]4C[C@@H](O)C4)ncc3c(N)c2F)cnc2c1NC1CC2C1. The second-order valence-corrected chi connectivity index (χ2v) is 9.29. The molecule has 8 nitrogen and oxygen atoms in total. The summed E-state index contributed by atoms with van der Waals surface area (Å²) in [6.45, 7) is 1.97. The number of nitrogen functional groups attached to an aromatic ring is 1. The summed E-state index contributed by atoms with van der Waals surface area (Å²) in [4.78, 5) is 21.0. The Kier molecular flexibility index (Phi) is 4.45. The molecule has 0 atom stereocenters. The van der Waals surface area contributed by atoms with E-state index in [2.05, 4.69) is 20.6 Å². The molecule has 2 aliphatic heterocycles. The molecule has 2 saturated carbocycles. The van der Waals surface area contributed by atoms with Crippen molar-refractivity contribution < 1.29 is 19.0 Å². The van der Waals surface area contributed by atoms with Gasteiger partial charge in [-0.1, -0.05) is 0 Å². The van der Waals surface area contributed by atoms with Crippen molar-refractivity contribution >= 4 is 34.1 Å². The van der Waals surface area contributed by atoms with Gasteiger partial charge in [0.25, 0.3) is 0 Å². The number of fused-ring (bicyclic) bond motifs is 1. The number of ether oxygens (including phenoxy) is 1. The number of nitrogens with two attached hydrogens (primary N) is 1. The Labute approximate surface area is 189 Å². The quantitative estimate of drug-likeness (QED) is 0.445. The van der Waals surface area contributed by atoms with Crippen LogP contribution in [0.25, 0.3) is 21.9 Å². The Balaban J connectivity index is 1.34. The number of carbonyl (C=O) groups is 1. The van der Waals surface area contributed by atoms with Crippen LogP contribution in [0.4, 0.5) is 26.4 Å². The van der Waals surface area contributed by atoms with Crippen molar-refractivity contribution in [1.82, 2.24) is 9.97 Å². The number of nitrogens with zero attached hydrogens (tertiary/aromatic N) is 2. The van der Waals surface area contributed by atoms with Gasteiger partial charge in [0, 0.05) is 53.7 Å². The monoisotopic (exact) mass is 449 g/mol. The number of benzene rings is 1. The third kappa shape index (κ3) is 3.26. The van der Waals surface area contributed by atoms with Gasteiger partial charge in [-0.25, -0.2) is 14.2 Å². The lowest BCUT2D eigenvalue weighted by Gasteiger charge is -2.43.